The van der Waals surface area contributed by atoms with Crippen molar-refractivity contribution in [2.45, 2.75) is 169 Å². The van der Waals surface area contributed by atoms with Gasteiger partial charge >= 0.3 is 0 Å². The van der Waals surface area contributed by atoms with Gasteiger partial charge in [0.25, 0.3) is 68.1 Å². The van der Waals surface area contributed by atoms with Gasteiger partial charge in [0.2, 0.25) is 0 Å². The zero-order valence-electron chi connectivity index (χ0n) is 47.0. The van der Waals surface area contributed by atoms with Crippen molar-refractivity contribution in [1.82, 2.24) is 28.1 Å². The van der Waals surface area contributed by atoms with Gasteiger partial charge in [-0.05, 0) is 149 Å². The van der Waals surface area contributed by atoms with E-state index in [1.54, 1.807) is 27.7 Å². The molecular weight excluding hydrogens is 1020 g/mol. The maximum absolute atomic E-state index is 15.0. The Balaban J connectivity index is 0.861. The summed E-state index contributed by atoms with van der Waals surface area (Å²) in [7, 11) is 0. The minimum Gasteiger partial charge on any atom is -0.274 e. The first-order valence-electron chi connectivity index (χ1n) is 29.1. The van der Waals surface area contributed by atoms with Crippen LogP contribution in [0.1, 0.15) is 139 Å². The SMILES string of the molecule is CCC(CC)(Cn1c(=O)c2cc3c(=O)n(C(CC)(CC)C(CC)(CC)CC4CC5CC4C4CC(Cn6c(=O)c7cc8c(=O)n(C(CC)(CC)CN9C(=O)C=CC9=O)c(=O)c8cc7c6=O)CC54)c(=O)c3cc2c1=O)N1C(=O)C=CC1=O. The molecule has 3 aliphatic carbocycles. The quantitative estimate of drug-likeness (QED) is 0.0830. The van der Waals surface area contributed by atoms with Gasteiger partial charge in [0, 0.05) is 30.8 Å². The Labute approximate surface area is 459 Å². The molecule has 4 amide bonds. The van der Waals surface area contributed by atoms with Crippen LogP contribution < -0.4 is 44.5 Å². The van der Waals surface area contributed by atoms with Crippen LogP contribution in [-0.2, 0) is 43.3 Å². The lowest BCUT2D eigenvalue weighted by atomic mass is 9.57. The molecule has 6 heterocycles. The Kier molecular flexibility index (Phi) is 13.1. The molecule has 0 N–H and O–H groups in total. The monoisotopic (exact) mass is 1090 g/mol. The van der Waals surface area contributed by atoms with Crippen molar-refractivity contribution < 1.29 is 19.2 Å². The van der Waals surface area contributed by atoms with Gasteiger partial charge in [0.15, 0.2) is 0 Å². The van der Waals surface area contributed by atoms with Crippen molar-refractivity contribution in [1.29, 1.82) is 0 Å². The van der Waals surface area contributed by atoms with Gasteiger partial charge in [0.05, 0.1) is 72.8 Å². The van der Waals surface area contributed by atoms with E-state index in [-0.39, 0.29) is 94.3 Å². The number of carbonyl (C=O) groups excluding carboxylic acids is 4. The number of hydrogen-bond donors (Lipinski definition) is 0. The molecule has 3 fully saturated rings. The molecule has 2 aromatic carbocycles. The van der Waals surface area contributed by atoms with E-state index in [9.17, 15) is 47.9 Å². The van der Waals surface area contributed by atoms with E-state index >= 15 is 9.59 Å². The largest absolute Gasteiger partial charge is 0.274 e. The minimum atomic E-state index is -1.21. The van der Waals surface area contributed by atoms with Gasteiger partial charge < -0.3 is 0 Å². The number of aromatic nitrogens is 4. The summed E-state index contributed by atoms with van der Waals surface area (Å²) in [6.45, 7) is 15.3. The van der Waals surface area contributed by atoms with Crippen LogP contribution >= 0.6 is 0 Å². The molecule has 0 spiro atoms. The highest BCUT2D eigenvalue weighted by Gasteiger charge is 2.59. The van der Waals surface area contributed by atoms with Crippen molar-refractivity contribution in [3.05, 3.63) is 131 Å². The fourth-order valence-electron chi connectivity index (χ4n) is 17.4. The van der Waals surface area contributed by atoms with E-state index in [0.29, 0.717) is 55.3 Å². The van der Waals surface area contributed by atoms with Gasteiger partial charge in [-0.1, -0.05) is 55.4 Å². The van der Waals surface area contributed by atoms with E-state index < -0.39 is 90.1 Å². The number of nitrogens with zero attached hydrogens (tertiary/aromatic N) is 6. The number of amides is 4. The van der Waals surface area contributed by atoms with Crippen LogP contribution in [0.25, 0.3) is 43.1 Å². The number of benzene rings is 2. The number of rotatable bonds is 20. The van der Waals surface area contributed by atoms with Gasteiger partial charge in [0.1, 0.15) is 0 Å². The predicted octanol–water partition coefficient (Wildman–Crippen LogP) is 5.77. The van der Waals surface area contributed by atoms with Crippen LogP contribution in [0.5, 0.6) is 0 Å². The van der Waals surface area contributed by atoms with Crippen LogP contribution in [0.4, 0.5) is 0 Å². The third kappa shape index (κ3) is 7.33. The maximum Gasteiger partial charge on any atom is 0.262 e. The van der Waals surface area contributed by atoms with E-state index in [4.69, 9.17) is 0 Å². The van der Waals surface area contributed by atoms with Crippen molar-refractivity contribution in [2.24, 2.45) is 40.9 Å². The third-order valence-corrected chi connectivity index (χ3v) is 21.9. The molecule has 3 saturated carbocycles. The lowest BCUT2D eigenvalue weighted by Gasteiger charge is -2.52. The van der Waals surface area contributed by atoms with Gasteiger partial charge in [-0.15, -0.1) is 0 Å². The molecule has 18 nitrogen and oxygen atoms in total. The molecule has 6 atom stereocenters. The summed E-state index contributed by atoms with van der Waals surface area (Å²) in [6, 6.07) is 5.50. The number of imide groups is 2. The topological polar surface area (TPSA) is 231 Å². The maximum atomic E-state index is 15.0. The third-order valence-electron chi connectivity index (χ3n) is 21.9. The summed E-state index contributed by atoms with van der Waals surface area (Å²) >= 11 is 0. The van der Waals surface area contributed by atoms with Crippen LogP contribution in [0, 0.1) is 40.9 Å². The van der Waals surface area contributed by atoms with E-state index in [2.05, 4.69) is 13.8 Å². The number of hydrogen-bond acceptors (Lipinski definition) is 12. The minimum absolute atomic E-state index is 0.00216. The standard InChI is InChI=1S/C62H70N6O12/c1-9-59(10-2,62(15-7,16-8)68-57(79)45-27-41-42(28-46(45)58(68)80)54(76)65(53(41)75)32-60(11-3,12-4)66-49(71)19-20-50(66)72)29-35-23-34-24-37(35)38-22-33(21-36(34)38)30-63-51(73)39-25-43-44(26-40(39)52(63)74)56(78)67(55(43)77)61(13-5,14-6)31-64-47(69)17-18-48(64)70/h17-20,25-28,33-38H,9-16,21-24,29-32H2,1-8H3. The molecule has 11 rings (SSSR count). The smallest absolute Gasteiger partial charge is 0.262 e. The Hall–Kier alpha value is -7.24. The van der Waals surface area contributed by atoms with Crippen molar-refractivity contribution >= 4 is 66.7 Å². The molecule has 18 heteroatoms. The highest BCUT2D eigenvalue weighted by atomic mass is 16.2. The molecule has 4 aromatic heterocycles. The molecule has 6 unspecified atom stereocenters. The molecule has 5 aliphatic rings. The highest BCUT2D eigenvalue weighted by Crippen LogP contribution is 2.65. The molecular formula is C62H70N6O12. The lowest BCUT2D eigenvalue weighted by Crippen LogP contribution is -2.56. The zero-order valence-corrected chi connectivity index (χ0v) is 47.0. The summed E-state index contributed by atoms with van der Waals surface area (Å²) in [5.74, 6) is -0.190. The van der Waals surface area contributed by atoms with Crippen LogP contribution in [0.15, 0.2) is 86.9 Å². The Morgan fingerprint density at radius 2 is 0.812 bits per heavy atom. The second-order valence-corrected chi connectivity index (χ2v) is 24.3. The normalized spacial score (nSPS) is 22.5. The van der Waals surface area contributed by atoms with Gasteiger partial charge in [-0.2, -0.15) is 0 Å². The molecule has 420 valence electrons. The number of carbonyl (C=O) groups is 4. The lowest BCUT2D eigenvalue weighted by molar-refractivity contribution is -0.145. The van der Waals surface area contributed by atoms with Crippen LogP contribution in [0.2, 0.25) is 0 Å². The van der Waals surface area contributed by atoms with E-state index in [1.807, 2.05) is 13.8 Å². The van der Waals surface area contributed by atoms with Crippen molar-refractivity contribution in [3.8, 4) is 0 Å². The van der Waals surface area contributed by atoms with Crippen molar-refractivity contribution in [3.63, 3.8) is 0 Å². The average Bonchev–Trinajstić information content (AvgIpc) is 4.52. The first-order chi connectivity index (χ1) is 38.1. The Morgan fingerprint density at radius 3 is 1.25 bits per heavy atom. The molecule has 2 bridgehead atoms. The molecule has 0 radical (unpaired) electrons. The molecule has 2 aliphatic heterocycles. The highest BCUT2D eigenvalue weighted by molar-refractivity contribution is 6.14. The first-order valence-corrected chi connectivity index (χ1v) is 29.1. The summed E-state index contributed by atoms with van der Waals surface area (Å²) in [5.41, 5.74) is -8.41. The fourth-order valence-corrected chi connectivity index (χ4v) is 17.4. The summed E-state index contributed by atoms with van der Waals surface area (Å²) in [6.07, 6.45) is 12.6. The fraction of sp³-hybridized carbons (Fsp3) is 0.548. The summed E-state index contributed by atoms with van der Waals surface area (Å²) < 4.78 is 4.85. The van der Waals surface area contributed by atoms with Gasteiger partial charge in [-0.25, -0.2) is 0 Å². The Morgan fingerprint density at radius 1 is 0.400 bits per heavy atom. The van der Waals surface area contributed by atoms with Crippen molar-refractivity contribution in [2.75, 3.05) is 6.54 Å². The Bertz CT molecular complexity index is 3960. The summed E-state index contributed by atoms with van der Waals surface area (Å²) in [5, 5.41) is 0.302. The van der Waals surface area contributed by atoms with E-state index in [0.717, 1.165) is 63.2 Å². The second-order valence-electron chi connectivity index (χ2n) is 24.3. The van der Waals surface area contributed by atoms with Gasteiger partial charge in [-0.3, -0.25) is 85.6 Å². The van der Waals surface area contributed by atoms with Crippen LogP contribution in [-0.4, -0.2) is 63.8 Å². The molecule has 0 saturated heterocycles. The summed E-state index contributed by atoms with van der Waals surface area (Å²) in [4.78, 5) is 168. The average molecular weight is 1090 g/mol. The molecule has 6 aromatic rings. The zero-order chi connectivity index (χ0) is 57.4. The predicted molar refractivity (Wildman–Crippen MR) is 304 cm³/mol. The second kappa shape index (κ2) is 19.2. The first kappa shape index (κ1) is 54.7. The van der Waals surface area contributed by atoms with E-state index in [1.165, 1.54) is 45.6 Å². The molecule has 80 heavy (non-hydrogen) atoms. The number of fused-ring (bicyclic) bond motifs is 9. The van der Waals surface area contributed by atoms with Crippen LogP contribution in [0.3, 0.4) is 0 Å².